The Kier molecular flexibility index (Phi) is 5.92. The molecule has 0 aliphatic carbocycles. The van der Waals surface area contributed by atoms with Crippen molar-refractivity contribution in [1.29, 1.82) is 0 Å². The molecule has 1 fully saturated rings. The van der Waals surface area contributed by atoms with Gasteiger partial charge in [-0.15, -0.1) is 0 Å². The molecular formula is C17H23FN2O2. The number of hydrogen-bond donors (Lipinski definition) is 1. The fourth-order valence-electron chi connectivity index (χ4n) is 2.72. The van der Waals surface area contributed by atoms with Crippen molar-refractivity contribution in [1.82, 2.24) is 10.2 Å². The summed E-state index contributed by atoms with van der Waals surface area (Å²) in [5.74, 6) is -0.231. The Morgan fingerprint density at radius 1 is 1.27 bits per heavy atom. The van der Waals surface area contributed by atoms with E-state index in [0.717, 1.165) is 19.3 Å². The minimum atomic E-state index is -0.471. The summed E-state index contributed by atoms with van der Waals surface area (Å²) in [6.45, 7) is 3.87. The van der Waals surface area contributed by atoms with Gasteiger partial charge >= 0.3 is 0 Å². The molecule has 22 heavy (non-hydrogen) atoms. The summed E-state index contributed by atoms with van der Waals surface area (Å²) < 4.78 is 13.7. The number of nitrogens with one attached hydrogen (secondary N) is 1. The predicted molar refractivity (Wildman–Crippen MR) is 82.9 cm³/mol. The Labute approximate surface area is 130 Å². The molecule has 1 saturated heterocycles. The van der Waals surface area contributed by atoms with E-state index in [-0.39, 0.29) is 17.4 Å². The van der Waals surface area contributed by atoms with Gasteiger partial charge in [-0.1, -0.05) is 19.1 Å². The van der Waals surface area contributed by atoms with Crippen molar-refractivity contribution in [2.75, 3.05) is 19.6 Å². The van der Waals surface area contributed by atoms with Gasteiger partial charge in [0.2, 0.25) is 5.91 Å². The van der Waals surface area contributed by atoms with Gasteiger partial charge in [-0.25, -0.2) is 4.39 Å². The molecule has 0 saturated carbocycles. The first-order valence-corrected chi connectivity index (χ1v) is 7.92. The maximum Gasteiger partial charge on any atom is 0.256 e. The summed E-state index contributed by atoms with van der Waals surface area (Å²) >= 11 is 0. The molecule has 1 aliphatic heterocycles. The third kappa shape index (κ3) is 4.29. The van der Waals surface area contributed by atoms with E-state index >= 15 is 0 Å². The van der Waals surface area contributed by atoms with Crippen LogP contribution in [0.4, 0.5) is 4.39 Å². The average Bonchev–Trinajstić information content (AvgIpc) is 2.53. The molecule has 1 N–H and O–H groups in total. The van der Waals surface area contributed by atoms with Crippen LogP contribution in [-0.4, -0.2) is 36.3 Å². The highest BCUT2D eigenvalue weighted by molar-refractivity contribution is 5.94. The SMILES string of the molecule is CCCC(=O)NCC1CCN(C(=O)c2ccccc2F)CC1. The van der Waals surface area contributed by atoms with Gasteiger partial charge in [-0.05, 0) is 37.3 Å². The number of hydrogen-bond acceptors (Lipinski definition) is 2. The first-order chi connectivity index (χ1) is 10.6. The molecule has 1 aliphatic rings. The summed E-state index contributed by atoms with van der Waals surface area (Å²) in [4.78, 5) is 25.5. The van der Waals surface area contributed by atoms with Crippen molar-refractivity contribution in [3.05, 3.63) is 35.6 Å². The van der Waals surface area contributed by atoms with Crippen LogP contribution in [-0.2, 0) is 4.79 Å². The van der Waals surface area contributed by atoms with Crippen LogP contribution in [0.15, 0.2) is 24.3 Å². The monoisotopic (exact) mass is 306 g/mol. The Morgan fingerprint density at radius 2 is 1.95 bits per heavy atom. The van der Waals surface area contributed by atoms with Gasteiger partial charge in [0, 0.05) is 26.1 Å². The highest BCUT2D eigenvalue weighted by Crippen LogP contribution is 2.19. The van der Waals surface area contributed by atoms with E-state index in [0.29, 0.717) is 32.0 Å². The van der Waals surface area contributed by atoms with Crippen molar-refractivity contribution >= 4 is 11.8 Å². The zero-order chi connectivity index (χ0) is 15.9. The van der Waals surface area contributed by atoms with Crippen LogP contribution in [0.25, 0.3) is 0 Å². The minimum Gasteiger partial charge on any atom is -0.356 e. The van der Waals surface area contributed by atoms with Gasteiger partial charge in [0.1, 0.15) is 5.82 Å². The van der Waals surface area contributed by atoms with Gasteiger partial charge in [-0.2, -0.15) is 0 Å². The molecule has 0 aromatic heterocycles. The largest absolute Gasteiger partial charge is 0.356 e. The molecule has 120 valence electrons. The average molecular weight is 306 g/mol. The van der Waals surface area contributed by atoms with Gasteiger partial charge in [0.15, 0.2) is 0 Å². The van der Waals surface area contributed by atoms with Crippen molar-refractivity contribution in [2.45, 2.75) is 32.6 Å². The van der Waals surface area contributed by atoms with E-state index < -0.39 is 5.82 Å². The third-order valence-electron chi connectivity index (χ3n) is 4.07. The lowest BCUT2D eigenvalue weighted by Gasteiger charge is -2.32. The normalized spacial score (nSPS) is 15.6. The number of amides is 2. The van der Waals surface area contributed by atoms with E-state index in [1.807, 2.05) is 6.92 Å². The number of rotatable bonds is 5. The number of carbonyl (C=O) groups is 2. The van der Waals surface area contributed by atoms with Crippen molar-refractivity contribution < 1.29 is 14.0 Å². The number of nitrogens with zero attached hydrogens (tertiary/aromatic N) is 1. The van der Waals surface area contributed by atoms with Crippen LogP contribution >= 0.6 is 0 Å². The van der Waals surface area contributed by atoms with E-state index in [1.165, 1.54) is 12.1 Å². The number of carbonyl (C=O) groups excluding carboxylic acids is 2. The standard InChI is InChI=1S/C17H23FN2O2/c1-2-5-16(21)19-12-13-8-10-20(11-9-13)17(22)14-6-3-4-7-15(14)18/h3-4,6-7,13H,2,5,8-12H2,1H3,(H,19,21). The van der Waals surface area contributed by atoms with Crippen LogP contribution in [0.5, 0.6) is 0 Å². The second kappa shape index (κ2) is 7.92. The highest BCUT2D eigenvalue weighted by Gasteiger charge is 2.25. The fraction of sp³-hybridized carbons (Fsp3) is 0.529. The van der Waals surface area contributed by atoms with Gasteiger partial charge in [-0.3, -0.25) is 9.59 Å². The molecular weight excluding hydrogens is 283 g/mol. The zero-order valence-corrected chi connectivity index (χ0v) is 13.0. The Morgan fingerprint density at radius 3 is 2.59 bits per heavy atom. The lowest BCUT2D eigenvalue weighted by Crippen LogP contribution is -2.41. The summed E-state index contributed by atoms with van der Waals surface area (Å²) in [7, 11) is 0. The summed E-state index contributed by atoms with van der Waals surface area (Å²) in [5, 5.41) is 2.94. The molecule has 2 rings (SSSR count). The first-order valence-electron chi connectivity index (χ1n) is 7.92. The lowest BCUT2D eigenvalue weighted by molar-refractivity contribution is -0.121. The lowest BCUT2D eigenvalue weighted by atomic mass is 9.96. The molecule has 0 bridgehead atoms. The van der Waals surface area contributed by atoms with E-state index in [2.05, 4.69) is 5.32 Å². The van der Waals surface area contributed by atoms with Gasteiger partial charge < -0.3 is 10.2 Å². The first kappa shape index (κ1) is 16.5. The smallest absolute Gasteiger partial charge is 0.256 e. The highest BCUT2D eigenvalue weighted by atomic mass is 19.1. The number of halogens is 1. The summed E-state index contributed by atoms with van der Waals surface area (Å²) in [6, 6.07) is 6.08. The third-order valence-corrected chi connectivity index (χ3v) is 4.07. The maximum atomic E-state index is 13.7. The predicted octanol–water partition coefficient (Wildman–Crippen LogP) is 2.59. The van der Waals surface area contributed by atoms with Crippen LogP contribution in [0.2, 0.25) is 0 Å². The molecule has 1 aromatic rings. The van der Waals surface area contributed by atoms with E-state index in [9.17, 15) is 14.0 Å². The topological polar surface area (TPSA) is 49.4 Å². The molecule has 0 radical (unpaired) electrons. The van der Waals surface area contributed by atoms with Crippen molar-refractivity contribution in [3.63, 3.8) is 0 Å². The quantitative estimate of drug-likeness (QED) is 0.909. The van der Waals surface area contributed by atoms with Crippen LogP contribution < -0.4 is 5.32 Å². The van der Waals surface area contributed by atoms with Gasteiger partial charge in [0.25, 0.3) is 5.91 Å². The zero-order valence-electron chi connectivity index (χ0n) is 13.0. The number of likely N-dealkylation sites (tertiary alicyclic amines) is 1. The van der Waals surface area contributed by atoms with E-state index in [1.54, 1.807) is 17.0 Å². The Balaban J connectivity index is 1.81. The van der Waals surface area contributed by atoms with Crippen LogP contribution in [0.3, 0.4) is 0 Å². The molecule has 0 atom stereocenters. The second-order valence-corrected chi connectivity index (χ2v) is 5.77. The fourth-order valence-corrected chi connectivity index (χ4v) is 2.72. The molecule has 0 unspecified atom stereocenters. The second-order valence-electron chi connectivity index (χ2n) is 5.77. The molecule has 5 heteroatoms. The molecule has 1 aromatic carbocycles. The van der Waals surface area contributed by atoms with E-state index in [4.69, 9.17) is 0 Å². The molecule has 4 nitrogen and oxygen atoms in total. The van der Waals surface area contributed by atoms with Crippen molar-refractivity contribution in [2.24, 2.45) is 5.92 Å². The van der Waals surface area contributed by atoms with Crippen LogP contribution in [0, 0.1) is 11.7 Å². The minimum absolute atomic E-state index is 0.0902. The Bertz CT molecular complexity index is 525. The maximum absolute atomic E-state index is 13.7. The summed E-state index contributed by atoms with van der Waals surface area (Å²) in [6.07, 6.45) is 3.09. The number of piperidine rings is 1. The number of benzene rings is 1. The Hall–Kier alpha value is -1.91. The van der Waals surface area contributed by atoms with Crippen molar-refractivity contribution in [3.8, 4) is 0 Å². The summed E-state index contributed by atoms with van der Waals surface area (Å²) in [5.41, 5.74) is 0.136. The molecule has 0 spiro atoms. The molecule has 1 heterocycles. The molecule has 2 amide bonds. The van der Waals surface area contributed by atoms with Gasteiger partial charge in [0.05, 0.1) is 5.56 Å². The van der Waals surface area contributed by atoms with Crippen LogP contribution in [0.1, 0.15) is 43.0 Å².